The van der Waals surface area contributed by atoms with Crippen molar-refractivity contribution in [2.24, 2.45) is 0 Å². The van der Waals surface area contributed by atoms with Gasteiger partial charge in [0, 0.05) is 30.0 Å². The van der Waals surface area contributed by atoms with Crippen LogP contribution in [0.25, 0.3) is 0 Å². The fourth-order valence-electron chi connectivity index (χ4n) is 3.15. The van der Waals surface area contributed by atoms with Crippen molar-refractivity contribution in [1.29, 1.82) is 0 Å². The predicted octanol–water partition coefficient (Wildman–Crippen LogP) is 3.89. The molecule has 0 unspecified atom stereocenters. The van der Waals surface area contributed by atoms with Gasteiger partial charge in [-0.25, -0.2) is 0 Å². The molecule has 6 nitrogen and oxygen atoms in total. The first-order valence-corrected chi connectivity index (χ1v) is 11.6. The van der Waals surface area contributed by atoms with Gasteiger partial charge in [-0.1, -0.05) is 24.3 Å². The summed E-state index contributed by atoms with van der Waals surface area (Å²) >= 11 is 3.00. The number of carbonyl (C=O) groups is 2. The molecular formula is C23H26N2O4S2. The summed E-state index contributed by atoms with van der Waals surface area (Å²) in [6, 6.07) is 14.4. The average Bonchev–Trinajstić information content (AvgIpc) is 3.49. The summed E-state index contributed by atoms with van der Waals surface area (Å²) in [5.41, 5.74) is 0.951. The number of rotatable bonds is 11. The van der Waals surface area contributed by atoms with E-state index in [9.17, 15) is 9.59 Å². The number of methoxy groups -OCH3 is 2. The molecule has 0 aliphatic carbocycles. The summed E-state index contributed by atoms with van der Waals surface area (Å²) in [6.45, 7) is 1.05. The second-order valence-electron chi connectivity index (χ2n) is 6.82. The SMILES string of the molecule is COCCN(C(=O)Cc1cccs1)[C@H](C(=O)NCc1ccc(OC)cc1)c1cccs1. The quantitative estimate of drug-likeness (QED) is 0.473. The first-order chi connectivity index (χ1) is 15.1. The molecular weight excluding hydrogens is 432 g/mol. The van der Waals surface area contributed by atoms with E-state index in [0.29, 0.717) is 19.7 Å². The van der Waals surface area contributed by atoms with Crippen LogP contribution in [0.3, 0.4) is 0 Å². The van der Waals surface area contributed by atoms with Crippen LogP contribution in [0.15, 0.2) is 59.3 Å². The molecule has 1 aromatic carbocycles. The average molecular weight is 459 g/mol. The fraction of sp³-hybridized carbons (Fsp3) is 0.304. The normalized spacial score (nSPS) is 11.7. The number of hydrogen-bond acceptors (Lipinski definition) is 6. The van der Waals surface area contributed by atoms with Gasteiger partial charge in [0.1, 0.15) is 11.8 Å². The van der Waals surface area contributed by atoms with Crippen molar-refractivity contribution in [2.75, 3.05) is 27.4 Å². The van der Waals surface area contributed by atoms with Crippen molar-refractivity contribution < 1.29 is 19.1 Å². The molecule has 3 aromatic rings. The molecule has 2 amide bonds. The Bertz CT molecular complexity index is 941. The van der Waals surface area contributed by atoms with Gasteiger partial charge >= 0.3 is 0 Å². The van der Waals surface area contributed by atoms with Gasteiger partial charge in [0.2, 0.25) is 11.8 Å². The minimum absolute atomic E-state index is 0.0995. The topological polar surface area (TPSA) is 67.9 Å². The fourth-order valence-corrected chi connectivity index (χ4v) is 4.68. The predicted molar refractivity (Wildman–Crippen MR) is 124 cm³/mol. The zero-order valence-electron chi connectivity index (χ0n) is 17.6. The molecule has 0 fully saturated rings. The molecule has 1 N–H and O–H groups in total. The third-order valence-electron chi connectivity index (χ3n) is 4.76. The largest absolute Gasteiger partial charge is 0.497 e. The van der Waals surface area contributed by atoms with Crippen LogP contribution in [0.1, 0.15) is 21.4 Å². The zero-order valence-corrected chi connectivity index (χ0v) is 19.2. The second kappa shape index (κ2) is 11.6. The van der Waals surface area contributed by atoms with Crippen LogP contribution in [0.5, 0.6) is 5.75 Å². The maximum atomic E-state index is 13.3. The number of hydrogen-bond donors (Lipinski definition) is 1. The molecule has 0 aliphatic heterocycles. The van der Waals surface area contributed by atoms with E-state index < -0.39 is 6.04 Å². The number of amides is 2. The smallest absolute Gasteiger partial charge is 0.248 e. The highest BCUT2D eigenvalue weighted by Crippen LogP contribution is 2.27. The Balaban J connectivity index is 1.78. The van der Waals surface area contributed by atoms with Crippen LogP contribution in [0.2, 0.25) is 0 Å². The molecule has 2 aromatic heterocycles. The summed E-state index contributed by atoms with van der Waals surface area (Å²) in [5.74, 6) is 0.447. The molecule has 0 bridgehead atoms. The van der Waals surface area contributed by atoms with Crippen molar-refractivity contribution in [2.45, 2.75) is 19.0 Å². The van der Waals surface area contributed by atoms with E-state index >= 15 is 0 Å². The van der Waals surface area contributed by atoms with Crippen LogP contribution in [0, 0.1) is 0 Å². The van der Waals surface area contributed by atoms with Gasteiger partial charge in [-0.15, -0.1) is 22.7 Å². The van der Waals surface area contributed by atoms with Gasteiger partial charge in [-0.2, -0.15) is 0 Å². The summed E-state index contributed by atoms with van der Waals surface area (Å²) < 4.78 is 10.4. The summed E-state index contributed by atoms with van der Waals surface area (Å²) in [7, 11) is 3.20. The Morgan fingerprint density at radius 3 is 2.39 bits per heavy atom. The number of ether oxygens (including phenoxy) is 2. The van der Waals surface area contributed by atoms with E-state index in [1.807, 2.05) is 59.3 Å². The highest BCUT2D eigenvalue weighted by atomic mass is 32.1. The van der Waals surface area contributed by atoms with Crippen molar-refractivity contribution in [1.82, 2.24) is 10.2 Å². The van der Waals surface area contributed by atoms with Crippen molar-refractivity contribution in [3.05, 3.63) is 74.6 Å². The first kappa shape index (κ1) is 23.0. The van der Waals surface area contributed by atoms with E-state index in [0.717, 1.165) is 21.1 Å². The van der Waals surface area contributed by atoms with Crippen LogP contribution in [0.4, 0.5) is 0 Å². The maximum absolute atomic E-state index is 13.3. The van der Waals surface area contributed by atoms with E-state index in [2.05, 4.69) is 5.32 Å². The summed E-state index contributed by atoms with van der Waals surface area (Å²) in [6.07, 6.45) is 0.259. The van der Waals surface area contributed by atoms with Crippen LogP contribution < -0.4 is 10.1 Å². The first-order valence-electron chi connectivity index (χ1n) is 9.87. The van der Waals surface area contributed by atoms with Crippen LogP contribution in [-0.4, -0.2) is 44.1 Å². The molecule has 3 rings (SSSR count). The Morgan fingerprint density at radius 1 is 1.03 bits per heavy atom. The molecule has 8 heteroatoms. The molecule has 0 spiro atoms. The van der Waals surface area contributed by atoms with E-state index in [-0.39, 0.29) is 18.2 Å². The number of nitrogens with zero attached hydrogens (tertiary/aromatic N) is 1. The number of thiophene rings is 2. The van der Waals surface area contributed by atoms with Gasteiger partial charge < -0.3 is 19.7 Å². The molecule has 164 valence electrons. The lowest BCUT2D eigenvalue weighted by Gasteiger charge is -2.30. The van der Waals surface area contributed by atoms with Gasteiger partial charge in [0.05, 0.1) is 20.1 Å². The lowest BCUT2D eigenvalue weighted by molar-refractivity contribution is -0.141. The Kier molecular flexibility index (Phi) is 8.63. The lowest BCUT2D eigenvalue weighted by Crippen LogP contribution is -2.45. The maximum Gasteiger partial charge on any atom is 0.248 e. The third kappa shape index (κ3) is 6.40. The molecule has 0 aliphatic rings. The monoisotopic (exact) mass is 458 g/mol. The van der Waals surface area contributed by atoms with E-state index in [1.165, 1.54) is 22.7 Å². The van der Waals surface area contributed by atoms with Gasteiger partial charge in [0.25, 0.3) is 0 Å². The minimum atomic E-state index is -0.708. The van der Waals surface area contributed by atoms with E-state index in [4.69, 9.17) is 9.47 Å². The highest BCUT2D eigenvalue weighted by Gasteiger charge is 2.32. The number of benzene rings is 1. The van der Waals surface area contributed by atoms with E-state index in [1.54, 1.807) is 19.1 Å². The molecule has 1 atom stereocenters. The minimum Gasteiger partial charge on any atom is -0.497 e. The lowest BCUT2D eigenvalue weighted by atomic mass is 10.1. The molecule has 0 radical (unpaired) electrons. The van der Waals surface area contributed by atoms with Gasteiger partial charge in [-0.05, 0) is 40.6 Å². The van der Waals surface area contributed by atoms with Crippen LogP contribution >= 0.6 is 22.7 Å². The zero-order chi connectivity index (χ0) is 22.1. The number of carbonyl (C=O) groups excluding carboxylic acids is 2. The Labute approximate surface area is 190 Å². The summed E-state index contributed by atoms with van der Waals surface area (Å²) in [4.78, 5) is 29.9. The van der Waals surface area contributed by atoms with Crippen molar-refractivity contribution in [3.8, 4) is 5.75 Å². The van der Waals surface area contributed by atoms with Crippen molar-refractivity contribution in [3.63, 3.8) is 0 Å². The second-order valence-corrected chi connectivity index (χ2v) is 8.83. The Morgan fingerprint density at radius 2 is 1.77 bits per heavy atom. The summed E-state index contributed by atoms with van der Waals surface area (Å²) in [5, 5.41) is 6.85. The number of nitrogens with one attached hydrogen (secondary N) is 1. The third-order valence-corrected chi connectivity index (χ3v) is 6.56. The van der Waals surface area contributed by atoms with Crippen LogP contribution in [-0.2, 0) is 27.3 Å². The molecule has 31 heavy (non-hydrogen) atoms. The Hall–Kier alpha value is -2.68. The molecule has 0 saturated carbocycles. The standard InChI is InChI=1S/C23H26N2O4S2/c1-28-12-11-25(21(26)15-19-5-3-13-30-19)22(20-6-4-14-31-20)23(27)24-16-17-7-9-18(29-2)10-8-17/h3-10,13-14,22H,11-12,15-16H2,1-2H3,(H,24,27)/t22-/m0/s1. The van der Waals surface area contributed by atoms with Gasteiger partial charge in [0.15, 0.2) is 0 Å². The highest BCUT2D eigenvalue weighted by molar-refractivity contribution is 7.10. The van der Waals surface area contributed by atoms with Crippen molar-refractivity contribution >= 4 is 34.5 Å². The molecule has 0 saturated heterocycles. The molecule has 2 heterocycles. The van der Waals surface area contributed by atoms with Gasteiger partial charge in [-0.3, -0.25) is 9.59 Å².